The van der Waals surface area contributed by atoms with E-state index in [4.69, 9.17) is 5.73 Å². The Labute approximate surface area is 107 Å². The van der Waals surface area contributed by atoms with Gasteiger partial charge in [0.05, 0.1) is 18.2 Å². The molecule has 0 aromatic carbocycles. The highest BCUT2D eigenvalue weighted by molar-refractivity contribution is 5.61. The van der Waals surface area contributed by atoms with Crippen molar-refractivity contribution in [1.82, 2.24) is 14.5 Å². The normalized spacial score (nSPS) is 15.6. The molecule has 0 spiro atoms. The van der Waals surface area contributed by atoms with Gasteiger partial charge in [-0.25, -0.2) is 9.97 Å². The maximum absolute atomic E-state index is 5.73. The molecule has 3 rings (SSSR count). The monoisotopic (exact) mass is 242 g/mol. The predicted molar refractivity (Wildman–Crippen MR) is 71.8 cm³/mol. The number of hydrogen-bond acceptors (Lipinski definition) is 3. The van der Waals surface area contributed by atoms with Crippen LogP contribution in [-0.2, 0) is 6.54 Å². The zero-order valence-corrected chi connectivity index (χ0v) is 10.4. The van der Waals surface area contributed by atoms with Crippen LogP contribution in [0.2, 0.25) is 0 Å². The number of nitrogens with zero attached hydrogens (tertiary/aromatic N) is 3. The van der Waals surface area contributed by atoms with Crippen molar-refractivity contribution >= 4 is 5.82 Å². The van der Waals surface area contributed by atoms with Crippen molar-refractivity contribution in [3.63, 3.8) is 0 Å². The van der Waals surface area contributed by atoms with Crippen molar-refractivity contribution < 1.29 is 0 Å². The molecule has 4 nitrogen and oxygen atoms in total. The molecule has 1 aliphatic rings. The highest BCUT2D eigenvalue weighted by atomic mass is 15.0. The van der Waals surface area contributed by atoms with Gasteiger partial charge in [-0.2, -0.15) is 0 Å². The van der Waals surface area contributed by atoms with E-state index in [-0.39, 0.29) is 0 Å². The molecule has 4 heteroatoms. The second-order valence-corrected chi connectivity index (χ2v) is 5.03. The molecular formula is C14H18N4. The third-order valence-corrected chi connectivity index (χ3v) is 3.79. The zero-order valence-electron chi connectivity index (χ0n) is 10.4. The van der Waals surface area contributed by atoms with Crippen LogP contribution in [0.15, 0.2) is 30.9 Å². The molecule has 18 heavy (non-hydrogen) atoms. The quantitative estimate of drug-likeness (QED) is 0.896. The number of aromatic nitrogens is 3. The number of aryl methyl sites for hydroxylation is 1. The van der Waals surface area contributed by atoms with Crippen LogP contribution < -0.4 is 5.73 Å². The molecule has 1 fully saturated rings. The summed E-state index contributed by atoms with van der Waals surface area (Å²) in [5.74, 6) is 1.47. The van der Waals surface area contributed by atoms with E-state index in [2.05, 4.69) is 14.5 Å². The van der Waals surface area contributed by atoms with E-state index in [0.717, 1.165) is 23.7 Å². The van der Waals surface area contributed by atoms with Crippen molar-refractivity contribution in [3.05, 3.63) is 30.9 Å². The molecule has 0 aliphatic heterocycles. The first-order valence-electron chi connectivity index (χ1n) is 6.55. The fourth-order valence-electron chi connectivity index (χ4n) is 2.45. The Bertz CT molecular complexity index is 528. The van der Waals surface area contributed by atoms with Crippen molar-refractivity contribution in [2.24, 2.45) is 5.92 Å². The van der Waals surface area contributed by atoms with Gasteiger partial charge < -0.3 is 10.3 Å². The molecule has 0 atom stereocenters. The Morgan fingerprint density at radius 3 is 3.00 bits per heavy atom. The second kappa shape index (κ2) is 4.80. The summed E-state index contributed by atoms with van der Waals surface area (Å²) < 4.78 is 2.22. The van der Waals surface area contributed by atoms with E-state index in [0.29, 0.717) is 5.82 Å². The number of imidazole rings is 1. The minimum Gasteiger partial charge on any atom is -0.384 e. The lowest BCUT2D eigenvalue weighted by Gasteiger charge is -2.25. The third kappa shape index (κ3) is 2.23. The van der Waals surface area contributed by atoms with Crippen LogP contribution in [0.1, 0.15) is 25.7 Å². The molecular weight excluding hydrogens is 224 g/mol. The summed E-state index contributed by atoms with van der Waals surface area (Å²) in [5.41, 5.74) is 7.95. The molecule has 2 aromatic heterocycles. The van der Waals surface area contributed by atoms with Crippen molar-refractivity contribution in [1.29, 1.82) is 0 Å². The number of rotatable bonds is 4. The van der Waals surface area contributed by atoms with Crippen molar-refractivity contribution in [2.75, 3.05) is 5.73 Å². The number of pyridine rings is 1. The van der Waals surface area contributed by atoms with Gasteiger partial charge in [0.2, 0.25) is 0 Å². The number of hydrogen-bond donors (Lipinski definition) is 1. The zero-order chi connectivity index (χ0) is 12.4. The average Bonchev–Trinajstić information content (AvgIpc) is 2.75. The van der Waals surface area contributed by atoms with Gasteiger partial charge in [0.1, 0.15) is 5.82 Å². The van der Waals surface area contributed by atoms with E-state index in [1.54, 1.807) is 6.20 Å². The summed E-state index contributed by atoms with van der Waals surface area (Å²) >= 11 is 0. The van der Waals surface area contributed by atoms with E-state index in [1.165, 1.54) is 25.7 Å². The molecule has 2 aromatic rings. The lowest BCUT2D eigenvalue weighted by atomic mass is 9.83. The minimum atomic E-state index is 0.555. The fourth-order valence-corrected chi connectivity index (χ4v) is 2.45. The Balaban J connectivity index is 1.77. The average molecular weight is 242 g/mol. The Morgan fingerprint density at radius 2 is 2.28 bits per heavy atom. The Kier molecular flexibility index (Phi) is 3.00. The molecule has 0 unspecified atom stereocenters. The van der Waals surface area contributed by atoms with Gasteiger partial charge in [-0.3, -0.25) is 0 Å². The summed E-state index contributed by atoms with van der Waals surface area (Å²) in [6, 6.07) is 3.88. The van der Waals surface area contributed by atoms with Gasteiger partial charge in [0.25, 0.3) is 0 Å². The fraction of sp³-hybridized carbons (Fsp3) is 0.429. The lowest BCUT2D eigenvalue weighted by Crippen LogP contribution is -2.13. The molecule has 0 saturated heterocycles. The maximum atomic E-state index is 5.73. The highest BCUT2D eigenvalue weighted by Gasteiger charge is 2.17. The second-order valence-electron chi connectivity index (χ2n) is 5.03. The molecule has 2 N–H and O–H groups in total. The highest BCUT2D eigenvalue weighted by Crippen LogP contribution is 2.30. The van der Waals surface area contributed by atoms with Gasteiger partial charge in [-0.05, 0) is 24.5 Å². The SMILES string of the molecule is Nc1cc(-c2cncn2CCC2CCC2)ccn1. The largest absolute Gasteiger partial charge is 0.384 e. The number of nitrogen functional groups attached to an aromatic ring is 1. The van der Waals surface area contributed by atoms with Gasteiger partial charge in [0.15, 0.2) is 0 Å². The van der Waals surface area contributed by atoms with E-state index < -0.39 is 0 Å². The molecule has 0 radical (unpaired) electrons. The summed E-state index contributed by atoms with van der Waals surface area (Å²) in [5, 5.41) is 0. The van der Waals surface area contributed by atoms with Crippen LogP contribution in [0.4, 0.5) is 5.82 Å². The lowest BCUT2D eigenvalue weighted by molar-refractivity contribution is 0.282. The van der Waals surface area contributed by atoms with Crippen LogP contribution >= 0.6 is 0 Å². The molecule has 2 heterocycles. The molecule has 0 bridgehead atoms. The molecule has 1 saturated carbocycles. The first-order valence-corrected chi connectivity index (χ1v) is 6.55. The summed E-state index contributed by atoms with van der Waals surface area (Å²) in [6.45, 7) is 1.04. The van der Waals surface area contributed by atoms with Crippen LogP contribution in [-0.4, -0.2) is 14.5 Å². The molecule has 94 valence electrons. The number of anilines is 1. The minimum absolute atomic E-state index is 0.555. The summed E-state index contributed by atoms with van der Waals surface area (Å²) in [4.78, 5) is 8.28. The van der Waals surface area contributed by atoms with Crippen LogP contribution in [0, 0.1) is 5.92 Å². The van der Waals surface area contributed by atoms with E-state index in [9.17, 15) is 0 Å². The van der Waals surface area contributed by atoms with Crippen molar-refractivity contribution in [3.8, 4) is 11.3 Å². The van der Waals surface area contributed by atoms with Gasteiger partial charge >= 0.3 is 0 Å². The van der Waals surface area contributed by atoms with Crippen LogP contribution in [0.5, 0.6) is 0 Å². The summed E-state index contributed by atoms with van der Waals surface area (Å²) in [6.07, 6.45) is 11.0. The van der Waals surface area contributed by atoms with Crippen molar-refractivity contribution in [2.45, 2.75) is 32.2 Å². The Hall–Kier alpha value is -1.84. The smallest absolute Gasteiger partial charge is 0.123 e. The third-order valence-electron chi connectivity index (χ3n) is 3.79. The number of nitrogens with two attached hydrogens (primary N) is 1. The van der Waals surface area contributed by atoms with E-state index >= 15 is 0 Å². The Morgan fingerprint density at radius 1 is 1.39 bits per heavy atom. The topological polar surface area (TPSA) is 56.7 Å². The van der Waals surface area contributed by atoms with Crippen LogP contribution in [0.25, 0.3) is 11.3 Å². The van der Waals surface area contributed by atoms with Gasteiger partial charge in [-0.1, -0.05) is 19.3 Å². The first kappa shape index (κ1) is 11.3. The molecule has 1 aliphatic carbocycles. The van der Waals surface area contributed by atoms with Gasteiger partial charge in [0, 0.05) is 18.3 Å². The van der Waals surface area contributed by atoms with Gasteiger partial charge in [-0.15, -0.1) is 0 Å². The molecule has 0 amide bonds. The van der Waals surface area contributed by atoms with Crippen LogP contribution in [0.3, 0.4) is 0 Å². The predicted octanol–water partition coefficient (Wildman–Crippen LogP) is 2.72. The standard InChI is InChI=1S/C14H18N4/c15-14-8-12(4-6-17-14)13-9-16-10-18(13)7-5-11-2-1-3-11/h4,6,8-11H,1-3,5,7H2,(H2,15,17). The maximum Gasteiger partial charge on any atom is 0.123 e. The summed E-state index contributed by atoms with van der Waals surface area (Å²) in [7, 11) is 0. The first-order chi connectivity index (χ1) is 8.83. The van der Waals surface area contributed by atoms with E-state index in [1.807, 2.05) is 24.7 Å².